The van der Waals surface area contributed by atoms with Gasteiger partial charge in [-0.05, 0) is 31.5 Å². The predicted molar refractivity (Wildman–Crippen MR) is 59.9 cm³/mol. The second-order valence-corrected chi connectivity index (χ2v) is 3.33. The summed E-state index contributed by atoms with van der Waals surface area (Å²) < 4.78 is 0. The summed E-state index contributed by atoms with van der Waals surface area (Å²) >= 11 is 0. The average molecular weight is 190 g/mol. The molecule has 4 heteroatoms. The molecular formula is C10H14N4. The number of rotatable bonds is 1. The summed E-state index contributed by atoms with van der Waals surface area (Å²) in [6, 6.07) is 6.02. The maximum Gasteiger partial charge on any atom is 0.229 e. The van der Waals surface area contributed by atoms with Crippen LogP contribution in [0.1, 0.15) is 13.9 Å². The molecule has 0 aliphatic heterocycles. The number of benzene rings is 1. The number of aliphatic imine (C=N–C) groups is 1. The molecule has 0 amide bonds. The highest BCUT2D eigenvalue weighted by Crippen LogP contribution is 2.17. The van der Waals surface area contributed by atoms with E-state index in [9.17, 15) is 0 Å². The molecule has 74 valence electrons. The van der Waals surface area contributed by atoms with Crippen LogP contribution in [-0.4, -0.2) is 15.8 Å². The SMILES string of the molecule is CC(N)=Nc1nc2ccc(C)cc2[nH]1.[HH]. The molecule has 2 aromatic rings. The van der Waals surface area contributed by atoms with Gasteiger partial charge in [0.25, 0.3) is 0 Å². The van der Waals surface area contributed by atoms with Gasteiger partial charge in [0, 0.05) is 1.43 Å². The van der Waals surface area contributed by atoms with Crippen LogP contribution >= 0.6 is 0 Å². The van der Waals surface area contributed by atoms with E-state index in [1.165, 1.54) is 5.56 Å². The Morgan fingerprint density at radius 2 is 2.36 bits per heavy atom. The Morgan fingerprint density at radius 3 is 3.07 bits per heavy atom. The normalized spacial score (nSPS) is 12.3. The van der Waals surface area contributed by atoms with E-state index >= 15 is 0 Å². The molecule has 0 aliphatic rings. The van der Waals surface area contributed by atoms with Crippen LogP contribution in [0.4, 0.5) is 5.95 Å². The Kier molecular flexibility index (Phi) is 1.96. The monoisotopic (exact) mass is 190 g/mol. The summed E-state index contributed by atoms with van der Waals surface area (Å²) in [4.78, 5) is 11.4. The summed E-state index contributed by atoms with van der Waals surface area (Å²) in [6.45, 7) is 3.77. The number of aromatic amines is 1. The van der Waals surface area contributed by atoms with Crippen molar-refractivity contribution >= 4 is 22.8 Å². The van der Waals surface area contributed by atoms with Crippen molar-refractivity contribution in [2.75, 3.05) is 0 Å². The largest absolute Gasteiger partial charge is 0.387 e. The number of aryl methyl sites for hydroxylation is 1. The van der Waals surface area contributed by atoms with Crippen LogP contribution in [0.5, 0.6) is 0 Å². The average Bonchev–Trinajstić information content (AvgIpc) is 2.44. The number of imidazole rings is 1. The summed E-state index contributed by atoms with van der Waals surface area (Å²) in [6.07, 6.45) is 0. The van der Waals surface area contributed by atoms with Crippen molar-refractivity contribution < 1.29 is 1.43 Å². The number of fused-ring (bicyclic) bond motifs is 1. The van der Waals surface area contributed by atoms with E-state index in [2.05, 4.69) is 15.0 Å². The van der Waals surface area contributed by atoms with Gasteiger partial charge in [0.2, 0.25) is 5.95 Å². The zero-order valence-corrected chi connectivity index (χ0v) is 8.20. The minimum absolute atomic E-state index is 0. The van der Waals surface area contributed by atoms with Crippen LogP contribution < -0.4 is 5.73 Å². The number of nitrogens with zero attached hydrogens (tertiary/aromatic N) is 2. The molecule has 0 saturated carbocycles. The lowest BCUT2D eigenvalue weighted by molar-refractivity contribution is 1.25. The topological polar surface area (TPSA) is 67.1 Å². The second-order valence-electron chi connectivity index (χ2n) is 3.33. The second kappa shape index (κ2) is 3.14. The molecule has 0 aliphatic carbocycles. The molecule has 0 fully saturated rings. The Hall–Kier alpha value is -1.84. The van der Waals surface area contributed by atoms with Gasteiger partial charge in [-0.25, -0.2) is 9.98 Å². The van der Waals surface area contributed by atoms with Gasteiger partial charge in [-0.1, -0.05) is 6.07 Å². The van der Waals surface area contributed by atoms with Crippen molar-refractivity contribution in [3.8, 4) is 0 Å². The van der Waals surface area contributed by atoms with Crippen LogP contribution in [0, 0.1) is 6.92 Å². The third-order valence-corrected chi connectivity index (χ3v) is 1.91. The first kappa shape index (κ1) is 8.74. The maximum atomic E-state index is 5.47. The molecule has 0 atom stereocenters. The minimum Gasteiger partial charge on any atom is -0.387 e. The van der Waals surface area contributed by atoms with Crippen LogP contribution in [0.2, 0.25) is 0 Å². The zero-order chi connectivity index (χ0) is 10.1. The van der Waals surface area contributed by atoms with Crippen molar-refractivity contribution in [2.45, 2.75) is 13.8 Å². The minimum atomic E-state index is 0. The number of hydrogen-bond acceptors (Lipinski definition) is 2. The first-order chi connectivity index (χ1) is 6.65. The molecule has 0 bridgehead atoms. The summed E-state index contributed by atoms with van der Waals surface area (Å²) in [7, 11) is 0. The van der Waals surface area contributed by atoms with Gasteiger partial charge in [0.15, 0.2) is 0 Å². The molecule has 3 N–H and O–H groups in total. The Morgan fingerprint density at radius 1 is 1.57 bits per heavy atom. The van der Waals surface area contributed by atoms with Gasteiger partial charge in [-0.3, -0.25) is 0 Å². The van der Waals surface area contributed by atoms with Crippen molar-refractivity contribution in [3.63, 3.8) is 0 Å². The first-order valence-electron chi connectivity index (χ1n) is 4.42. The number of H-pyrrole nitrogens is 1. The zero-order valence-electron chi connectivity index (χ0n) is 8.20. The fraction of sp³-hybridized carbons (Fsp3) is 0.200. The number of amidine groups is 1. The lowest BCUT2D eigenvalue weighted by atomic mass is 10.2. The van der Waals surface area contributed by atoms with E-state index in [4.69, 9.17) is 5.73 Å². The molecule has 0 unspecified atom stereocenters. The van der Waals surface area contributed by atoms with Crippen molar-refractivity contribution in [1.29, 1.82) is 0 Å². The molecule has 1 aromatic heterocycles. The Bertz CT molecular complexity index is 497. The summed E-state index contributed by atoms with van der Waals surface area (Å²) in [5.74, 6) is 1.06. The molecule has 4 nitrogen and oxygen atoms in total. The van der Waals surface area contributed by atoms with Crippen LogP contribution in [0.15, 0.2) is 23.2 Å². The number of hydrogen-bond donors (Lipinski definition) is 2. The third-order valence-electron chi connectivity index (χ3n) is 1.91. The molecule has 1 aromatic carbocycles. The molecule has 0 saturated heterocycles. The molecule has 0 spiro atoms. The summed E-state index contributed by atoms with van der Waals surface area (Å²) in [5.41, 5.74) is 8.57. The third kappa shape index (κ3) is 1.59. The van der Waals surface area contributed by atoms with E-state index in [0.29, 0.717) is 11.8 Å². The van der Waals surface area contributed by atoms with Crippen LogP contribution in [0.25, 0.3) is 11.0 Å². The van der Waals surface area contributed by atoms with E-state index in [1.54, 1.807) is 6.92 Å². The lowest BCUT2D eigenvalue weighted by Crippen LogP contribution is -2.03. The van der Waals surface area contributed by atoms with Crippen molar-refractivity contribution in [2.24, 2.45) is 10.7 Å². The van der Waals surface area contributed by atoms with Crippen molar-refractivity contribution in [1.82, 2.24) is 9.97 Å². The van der Waals surface area contributed by atoms with Gasteiger partial charge in [0.05, 0.1) is 16.9 Å². The highest BCUT2D eigenvalue weighted by molar-refractivity contribution is 5.82. The van der Waals surface area contributed by atoms with E-state index in [-0.39, 0.29) is 1.43 Å². The maximum absolute atomic E-state index is 5.47. The molecular weight excluding hydrogens is 176 g/mol. The molecule has 2 rings (SSSR count). The highest BCUT2D eigenvalue weighted by Gasteiger charge is 2.00. The van der Waals surface area contributed by atoms with E-state index in [1.807, 2.05) is 25.1 Å². The fourth-order valence-electron chi connectivity index (χ4n) is 1.33. The molecule has 1 heterocycles. The fourth-order valence-corrected chi connectivity index (χ4v) is 1.33. The van der Waals surface area contributed by atoms with Gasteiger partial charge in [-0.15, -0.1) is 0 Å². The van der Waals surface area contributed by atoms with Gasteiger partial charge < -0.3 is 10.7 Å². The quantitative estimate of drug-likeness (QED) is 0.534. The Labute approximate surface area is 83.4 Å². The van der Waals surface area contributed by atoms with Gasteiger partial charge in [-0.2, -0.15) is 0 Å². The van der Waals surface area contributed by atoms with E-state index < -0.39 is 0 Å². The van der Waals surface area contributed by atoms with Crippen LogP contribution in [0.3, 0.4) is 0 Å². The predicted octanol–water partition coefficient (Wildman–Crippen LogP) is 2.13. The number of nitrogens with one attached hydrogen (secondary N) is 1. The Balaban J connectivity index is 0.00000112. The number of aromatic nitrogens is 2. The standard InChI is InChI=1S/C10H12N4.H2/c1-6-3-4-8-9(5-6)14-10(13-8)12-7(2)11;/h3-5H,1-2H3,(H3,11,12,13,14);1H. The first-order valence-corrected chi connectivity index (χ1v) is 4.42. The van der Waals surface area contributed by atoms with Crippen LogP contribution in [-0.2, 0) is 0 Å². The lowest BCUT2D eigenvalue weighted by Gasteiger charge is -1.89. The summed E-state index contributed by atoms with van der Waals surface area (Å²) in [5, 5.41) is 0. The van der Waals surface area contributed by atoms with Gasteiger partial charge >= 0.3 is 0 Å². The molecule has 14 heavy (non-hydrogen) atoms. The smallest absolute Gasteiger partial charge is 0.229 e. The van der Waals surface area contributed by atoms with E-state index in [0.717, 1.165) is 11.0 Å². The number of nitrogens with two attached hydrogens (primary N) is 1. The van der Waals surface area contributed by atoms with Gasteiger partial charge in [0.1, 0.15) is 0 Å². The van der Waals surface area contributed by atoms with Crippen molar-refractivity contribution in [3.05, 3.63) is 23.8 Å². The molecule has 0 radical (unpaired) electrons. The highest BCUT2D eigenvalue weighted by atomic mass is 15.1.